The van der Waals surface area contributed by atoms with Crippen LogP contribution < -0.4 is 16.8 Å². The standard InChI is InChI=1S/C18H22N4O.HI/c1-12(2)15-4-3-5-16(10-15)22-18(20)21-11-13-6-8-14(9-7-13)17(19)23;/h3-10,12H,11H2,1-2H3,(H2,19,23)(H3,20,21,22);1H. The first kappa shape index (κ1) is 20.0. The molecule has 128 valence electrons. The van der Waals surface area contributed by atoms with Crippen molar-refractivity contribution in [2.24, 2.45) is 16.5 Å². The molecule has 2 rings (SSSR count). The Morgan fingerprint density at radius 2 is 1.79 bits per heavy atom. The van der Waals surface area contributed by atoms with Gasteiger partial charge in [-0.15, -0.1) is 24.0 Å². The molecule has 1 amide bonds. The average molecular weight is 438 g/mol. The van der Waals surface area contributed by atoms with Crippen LogP contribution >= 0.6 is 24.0 Å². The largest absolute Gasteiger partial charge is 0.370 e. The van der Waals surface area contributed by atoms with Gasteiger partial charge in [0.1, 0.15) is 0 Å². The lowest BCUT2D eigenvalue weighted by Gasteiger charge is -2.10. The Morgan fingerprint density at radius 3 is 2.38 bits per heavy atom. The second-order valence-electron chi connectivity index (χ2n) is 5.67. The molecule has 2 aromatic rings. The number of benzene rings is 2. The molecule has 0 saturated carbocycles. The van der Waals surface area contributed by atoms with Crippen LogP contribution in [0.5, 0.6) is 0 Å². The molecule has 0 aliphatic rings. The van der Waals surface area contributed by atoms with E-state index in [2.05, 4.69) is 36.3 Å². The van der Waals surface area contributed by atoms with Crippen molar-refractivity contribution in [1.29, 1.82) is 0 Å². The number of amides is 1. The third-order valence-corrected chi connectivity index (χ3v) is 3.50. The van der Waals surface area contributed by atoms with E-state index >= 15 is 0 Å². The van der Waals surface area contributed by atoms with Gasteiger partial charge in [-0.1, -0.05) is 38.1 Å². The number of nitrogens with one attached hydrogen (secondary N) is 1. The van der Waals surface area contributed by atoms with Crippen molar-refractivity contribution < 1.29 is 4.79 Å². The van der Waals surface area contributed by atoms with Crippen LogP contribution in [0.2, 0.25) is 0 Å². The average Bonchev–Trinajstić information content (AvgIpc) is 2.53. The number of hydrogen-bond acceptors (Lipinski definition) is 2. The molecule has 0 spiro atoms. The molecule has 0 fully saturated rings. The van der Waals surface area contributed by atoms with Gasteiger partial charge in [-0.05, 0) is 41.3 Å². The maximum atomic E-state index is 11.0. The quantitative estimate of drug-likeness (QED) is 0.379. The summed E-state index contributed by atoms with van der Waals surface area (Å²) < 4.78 is 0. The summed E-state index contributed by atoms with van der Waals surface area (Å²) in [5, 5.41) is 3.09. The second-order valence-corrected chi connectivity index (χ2v) is 5.67. The van der Waals surface area contributed by atoms with Crippen molar-refractivity contribution in [2.75, 3.05) is 5.32 Å². The molecule has 0 radical (unpaired) electrons. The highest BCUT2D eigenvalue weighted by Gasteiger charge is 2.02. The van der Waals surface area contributed by atoms with E-state index in [0.717, 1.165) is 11.3 Å². The van der Waals surface area contributed by atoms with E-state index in [1.54, 1.807) is 12.1 Å². The number of guanidine groups is 1. The molecule has 0 unspecified atom stereocenters. The number of nitrogens with zero attached hydrogens (tertiary/aromatic N) is 1. The molecular formula is C18H23IN4O. The molecule has 2 aromatic carbocycles. The van der Waals surface area contributed by atoms with E-state index in [9.17, 15) is 4.79 Å². The zero-order valence-electron chi connectivity index (χ0n) is 13.8. The second kappa shape index (κ2) is 9.27. The fourth-order valence-electron chi connectivity index (χ4n) is 2.11. The number of aliphatic imine (C=N–C) groups is 1. The van der Waals surface area contributed by atoms with Gasteiger partial charge in [0.15, 0.2) is 5.96 Å². The fourth-order valence-corrected chi connectivity index (χ4v) is 2.11. The Balaban J connectivity index is 0.00000288. The minimum atomic E-state index is -0.439. The van der Waals surface area contributed by atoms with E-state index < -0.39 is 5.91 Å². The summed E-state index contributed by atoms with van der Waals surface area (Å²) in [5.41, 5.74) is 14.7. The predicted molar refractivity (Wildman–Crippen MR) is 110 cm³/mol. The minimum absolute atomic E-state index is 0. The molecule has 6 heteroatoms. The van der Waals surface area contributed by atoms with Crippen molar-refractivity contribution in [3.63, 3.8) is 0 Å². The van der Waals surface area contributed by atoms with Crippen molar-refractivity contribution in [3.05, 3.63) is 65.2 Å². The highest BCUT2D eigenvalue weighted by Crippen LogP contribution is 2.18. The normalized spacial score (nSPS) is 11.0. The monoisotopic (exact) mass is 438 g/mol. The topological polar surface area (TPSA) is 93.5 Å². The van der Waals surface area contributed by atoms with E-state index in [0.29, 0.717) is 24.0 Å². The zero-order chi connectivity index (χ0) is 16.8. The Morgan fingerprint density at radius 1 is 1.12 bits per heavy atom. The Labute approximate surface area is 159 Å². The van der Waals surface area contributed by atoms with Gasteiger partial charge in [-0.3, -0.25) is 4.79 Å². The van der Waals surface area contributed by atoms with E-state index in [-0.39, 0.29) is 24.0 Å². The van der Waals surface area contributed by atoms with Crippen LogP contribution in [0.25, 0.3) is 0 Å². The molecule has 24 heavy (non-hydrogen) atoms. The summed E-state index contributed by atoms with van der Waals surface area (Å²) >= 11 is 0. The maximum absolute atomic E-state index is 11.0. The lowest BCUT2D eigenvalue weighted by molar-refractivity contribution is 0.100. The van der Waals surface area contributed by atoms with Crippen LogP contribution in [0.15, 0.2) is 53.5 Å². The SMILES string of the molecule is CC(C)c1cccc(NC(N)=NCc2ccc(C(N)=O)cc2)c1.I. The molecule has 0 saturated heterocycles. The number of hydrogen-bond donors (Lipinski definition) is 3. The van der Waals surface area contributed by atoms with Crippen molar-refractivity contribution in [3.8, 4) is 0 Å². The Hall–Kier alpha value is -2.09. The maximum Gasteiger partial charge on any atom is 0.248 e. The van der Waals surface area contributed by atoms with Crippen LogP contribution in [0.1, 0.15) is 41.3 Å². The highest BCUT2D eigenvalue weighted by atomic mass is 127. The van der Waals surface area contributed by atoms with Crippen LogP contribution in [-0.2, 0) is 6.54 Å². The number of anilines is 1. The molecule has 0 aromatic heterocycles. The van der Waals surface area contributed by atoms with Gasteiger partial charge in [-0.25, -0.2) is 4.99 Å². The molecule has 0 atom stereocenters. The lowest BCUT2D eigenvalue weighted by Crippen LogP contribution is -2.22. The number of rotatable bonds is 5. The zero-order valence-corrected chi connectivity index (χ0v) is 16.2. The first-order valence-corrected chi connectivity index (χ1v) is 7.51. The molecule has 0 heterocycles. The summed E-state index contributed by atoms with van der Waals surface area (Å²) in [7, 11) is 0. The summed E-state index contributed by atoms with van der Waals surface area (Å²) in [6.07, 6.45) is 0. The first-order chi connectivity index (χ1) is 11.0. The Kier molecular flexibility index (Phi) is 7.70. The molecule has 0 aliphatic carbocycles. The molecule has 5 nitrogen and oxygen atoms in total. The van der Waals surface area contributed by atoms with Gasteiger partial charge in [0.25, 0.3) is 0 Å². The summed E-state index contributed by atoms with van der Waals surface area (Å²) in [5.74, 6) is 0.370. The third kappa shape index (κ3) is 5.84. The van der Waals surface area contributed by atoms with Gasteiger partial charge >= 0.3 is 0 Å². The van der Waals surface area contributed by atoms with Crippen LogP contribution in [-0.4, -0.2) is 11.9 Å². The van der Waals surface area contributed by atoms with Crippen LogP contribution in [0, 0.1) is 0 Å². The summed E-state index contributed by atoms with van der Waals surface area (Å²) in [6.45, 7) is 4.72. The van der Waals surface area contributed by atoms with Crippen LogP contribution in [0.3, 0.4) is 0 Å². The van der Waals surface area contributed by atoms with E-state index in [1.165, 1.54) is 5.56 Å². The van der Waals surface area contributed by atoms with Gasteiger partial charge in [0.2, 0.25) is 5.91 Å². The fraction of sp³-hybridized carbons (Fsp3) is 0.222. The summed E-state index contributed by atoms with van der Waals surface area (Å²) in [6, 6.07) is 15.1. The minimum Gasteiger partial charge on any atom is -0.370 e. The Bertz CT molecular complexity index is 711. The smallest absolute Gasteiger partial charge is 0.248 e. The van der Waals surface area contributed by atoms with Crippen molar-refractivity contribution in [1.82, 2.24) is 0 Å². The van der Waals surface area contributed by atoms with Gasteiger partial charge < -0.3 is 16.8 Å². The number of nitrogens with two attached hydrogens (primary N) is 2. The lowest BCUT2D eigenvalue weighted by atomic mass is 10.0. The summed E-state index contributed by atoms with van der Waals surface area (Å²) in [4.78, 5) is 15.3. The third-order valence-electron chi connectivity index (χ3n) is 3.50. The number of halogens is 1. The highest BCUT2D eigenvalue weighted by molar-refractivity contribution is 14.0. The van der Waals surface area contributed by atoms with Gasteiger partial charge in [-0.2, -0.15) is 0 Å². The van der Waals surface area contributed by atoms with Crippen molar-refractivity contribution >= 4 is 41.5 Å². The van der Waals surface area contributed by atoms with E-state index in [1.807, 2.05) is 24.3 Å². The van der Waals surface area contributed by atoms with Gasteiger partial charge in [0.05, 0.1) is 6.54 Å². The molecular weight excluding hydrogens is 415 g/mol. The first-order valence-electron chi connectivity index (χ1n) is 7.51. The number of primary amides is 1. The predicted octanol–water partition coefficient (Wildman–Crippen LogP) is 3.45. The number of carbonyl (C=O) groups excluding carboxylic acids is 1. The number of carbonyl (C=O) groups is 1. The molecule has 0 aliphatic heterocycles. The van der Waals surface area contributed by atoms with Gasteiger partial charge in [0, 0.05) is 11.3 Å². The van der Waals surface area contributed by atoms with E-state index in [4.69, 9.17) is 11.5 Å². The van der Waals surface area contributed by atoms with Crippen molar-refractivity contribution in [2.45, 2.75) is 26.3 Å². The molecule has 5 N–H and O–H groups in total. The molecule has 0 bridgehead atoms. The van der Waals surface area contributed by atoms with Crippen LogP contribution in [0.4, 0.5) is 5.69 Å².